The molecule has 0 aromatic heterocycles. The van der Waals surface area contributed by atoms with Crippen molar-refractivity contribution in [3.8, 4) is 0 Å². The van der Waals surface area contributed by atoms with Crippen LogP contribution in [0.5, 0.6) is 0 Å². The van der Waals surface area contributed by atoms with Crippen molar-refractivity contribution in [2.75, 3.05) is 0 Å². The van der Waals surface area contributed by atoms with Gasteiger partial charge >= 0.3 is 71.9 Å². The quantitative estimate of drug-likeness (QED) is 0.450. The van der Waals surface area contributed by atoms with Gasteiger partial charge in [-0.25, -0.2) is 0 Å². The molecule has 0 aliphatic rings. The van der Waals surface area contributed by atoms with E-state index in [0.29, 0.717) is 0 Å². The molecule has 0 radical (unpaired) electrons. The van der Waals surface area contributed by atoms with Gasteiger partial charge < -0.3 is 0 Å². The fraction of sp³-hybridized carbons (Fsp3) is 1.00. The predicted octanol–water partition coefficient (Wildman–Crippen LogP) is 3.22. The van der Waals surface area contributed by atoms with Crippen molar-refractivity contribution in [2.24, 2.45) is 0 Å². The van der Waals surface area contributed by atoms with E-state index in [2.05, 4.69) is 0 Å². The minimum absolute atomic E-state index is 0. The molecule has 0 aliphatic carbocycles. The fourth-order valence-electron chi connectivity index (χ4n) is 0.673. The summed E-state index contributed by atoms with van der Waals surface area (Å²) in [4.78, 5) is 17.4. The van der Waals surface area contributed by atoms with E-state index in [4.69, 9.17) is 13.4 Å². The fourth-order valence-corrected chi connectivity index (χ4v) is 4.60. The van der Waals surface area contributed by atoms with Gasteiger partial charge in [-0.1, -0.05) is 0 Å². The van der Waals surface area contributed by atoms with E-state index < -0.39 is 21.8 Å². The van der Waals surface area contributed by atoms with Crippen molar-refractivity contribution in [2.45, 2.75) is 36.7 Å². The van der Waals surface area contributed by atoms with E-state index in [1.54, 1.807) is 0 Å². The van der Waals surface area contributed by atoms with Crippen LogP contribution >= 0.6 is 32.6 Å². The monoisotopic (exact) mass is 359 g/mol. The molecular weight excluding hydrogens is 341 g/mol. The van der Waals surface area contributed by atoms with E-state index in [1.165, 1.54) is 0 Å². The van der Waals surface area contributed by atoms with Crippen LogP contribution in [0.4, 0.5) is 0 Å². The van der Waals surface area contributed by atoms with Gasteiger partial charge in [0.1, 0.15) is 0 Å². The van der Waals surface area contributed by atoms with Gasteiger partial charge in [-0.05, 0) is 0 Å². The zero-order valence-electron chi connectivity index (χ0n) is 7.58. The van der Waals surface area contributed by atoms with Crippen molar-refractivity contribution in [1.82, 2.24) is 0 Å². The molecule has 0 unspecified atom stereocenters. The van der Waals surface area contributed by atoms with Crippen molar-refractivity contribution < 1.29 is 26.6 Å². The molecule has 0 saturated carbocycles. The normalized spacial score (nSPS) is 12.8. The maximum absolute atomic E-state index is 8.70. The molecule has 0 bridgehead atoms. The van der Waals surface area contributed by atoms with Crippen LogP contribution in [0.2, 0.25) is 16.0 Å². The van der Waals surface area contributed by atoms with Crippen LogP contribution in [-0.2, 0) is 16.8 Å². The third kappa shape index (κ3) is 5.32. The average molecular weight is 360 g/mol. The molecule has 2 N–H and O–H groups in total. The van der Waals surface area contributed by atoms with Gasteiger partial charge in [0.2, 0.25) is 0 Å². The van der Waals surface area contributed by atoms with Gasteiger partial charge in [-0.2, -0.15) is 0 Å². The second-order valence-corrected chi connectivity index (χ2v) is 7.02. The first-order valence-electron chi connectivity index (χ1n) is 3.47. The van der Waals surface area contributed by atoms with Crippen LogP contribution in [0.3, 0.4) is 0 Å². The first-order valence-corrected chi connectivity index (χ1v) is 7.01. The van der Waals surface area contributed by atoms with Gasteiger partial charge in [0.15, 0.2) is 0 Å². The molecule has 0 amide bonds. The molecule has 0 aromatic rings. The van der Waals surface area contributed by atoms with Gasteiger partial charge in [-0.15, -0.1) is 24.0 Å². The molecule has 0 aromatic carbocycles. The molecule has 83 valence electrons. The third-order valence-electron chi connectivity index (χ3n) is 1.33. The Hall–Kier alpha value is 1.56. The Bertz CT molecular complexity index is 103. The number of rotatable bonds is 5. The number of hydrogen-bond acceptors (Lipinski definition) is 3. The summed E-state index contributed by atoms with van der Waals surface area (Å²) in [5.74, 6) is 0. The summed E-state index contributed by atoms with van der Waals surface area (Å²) in [5, 5.41) is 2.69. The largest absolute Gasteiger partial charge is 0.107 e. The Morgan fingerprint density at radius 1 is 1.08 bits per heavy atom. The SMILES string of the molecule is C[CH2][Cu]([CH2]C)([CH2]C)[O]P(O)O.I. The zero-order valence-corrected chi connectivity index (χ0v) is 11.7. The third-order valence-corrected chi connectivity index (χ3v) is 6.86. The summed E-state index contributed by atoms with van der Waals surface area (Å²) >= 11 is -1.13. The molecule has 3 nitrogen and oxygen atoms in total. The second-order valence-electron chi connectivity index (χ2n) is 1.66. The van der Waals surface area contributed by atoms with E-state index in [-0.39, 0.29) is 24.0 Å². The molecule has 0 heterocycles. The summed E-state index contributed by atoms with van der Waals surface area (Å²) in [6.45, 7) is 6.08. The van der Waals surface area contributed by atoms with E-state index >= 15 is 0 Å². The Labute approximate surface area is 95.5 Å². The van der Waals surface area contributed by atoms with Crippen LogP contribution in [-0.4, -0.2) is 9.79 Å². The maximum atomic E-state index is 8.70. The smallest absolute Gasteiger partial charge is 0.107 e. The molecule has 0 rings (SSSR count). The van der Waals surface area contributed by atoms with Crippen molar-refractivity contribution >= 4 is 32.6 Å². The van der Waals surface area contributed by atoms with Gasteiger partial charge in [0.05, 0.1) is 0 Å². The summed E-state index contributed by atoms with van der Waals surface area (Å²) in [7, 11) is -2.17. The Morgan fingerprint density at radius 3 is 1.50 bits per heavy atom. The van der Waals surface area contributed by atoms with Crippen molar-refractivity contribution in [1.29, 1.82) is 0 Å². The van der Waals surface area contributed by atoms with Crippen molar-refractivity contribution in [3.05, 3.63) is 0 Å². The molecule has 12 heavy (non-hydrogen) atoms. The molecule has 0 saturated heterocycles. The minimum Gasteiger partial charge on any atom is -0.107 e. The van der Waals surface area contributed by atoms with Crippen LogP contribution in [0.15, 0.2) is 0 Å². The predicted molar refractivity (Wildman–Crippen MR) is 59.3 cm³/mol. The maximum Gasteiger partial charge on any atom is -0.107 e. The molecule has 0 aliphatic heterocycles. The summed E-state index contributed by atoms with van der Waals surface area (Å²) in [6.07, 6.45) is 0. The summed E-state index contributed by atoms with van der Waals surface area (Å²) in [5.41, 5.74) is 0. The molecule has 0 spiro atoms. The van der Waals surface area contributed by atoms with Crippen LogP contribution < -0.4 is 0 Å². The Morgan fingerprint density at radius 2 is 1.42 bits per heavy atom. The van der Waals surface area contributed by atoms with Gasteiger partial charge in [0, 0.05) is 0 Å². The Kier molecular flexibility index (Phi) is 10.6. The topological polar surface area (TPSA) is 49.7 Å². The molecular formula is C6H18CuIO3P. The second kappa shape index (κ2) is 7.92. The van der Waals surface area contributed by atoms with Crippen LogP contribution in [0.1, 0.15) is 20.8 Å². The first kappa shape index (κ1) is 16.0. The number of hydrogen-bond donors (Lipinski definition) is 2. The zero-order chi connectivity index (χ0) is 8.91. The molecule has 0 atom stereocenters. The van der Waals surface area contributed by atoms with Crippen LogP contribution in [0, 0.1) is 0 Å². The van der Waals surface area contributed by atoms with Crippen LogP contribution in [0.25, 0.3) is 0 Å². The van der Waals surface area contributed by atoms with Gasteiger partial charge in [-0.3, -0.25) is 0 Å². The standard InChI is InChI=1S/3C2H5.Cu.HI.H2O3P/c3*1-2;;;1-4(2)3/h3*1H2,2H3;;1H;1-2H/q;;;+1;;-1. The van der Waals surface area contributed by atoms with E-state index in [9.17, 15) is 0 Å². The van der Waals surface area contributed by atoms with Crippen molar-refractivity contribution in [3.63, 3.8) is 0 Å². The van der Waals surface area contributed by atoms with E-state index in [1.807, 2.05) is 20.8 Å². The molecule has 0 fully saturated rings. The Balaban J connectivity index is 0. The average Bonchev–Trinajstić information content (AvgIpc) is 2.00. The minimum atomic E-state index is -2.17. The number of halogens is 1. The first-order chi connectivity index (χ1) is 5.10. The molecule has 6 heteroatoms. The van der Waals surface area contributed by atoms with E-state index in [0.717, 1.165) is 16.0 Å². The van der Waals surface area contributed by atoms with Gasteiger partial charge in [0.25, 0.3) is 0 Å². The summed E-state index contributed by atoms with van der Waals surface area (Å²) in [6, 6.07) is 0. The summed E-state index contributed by atoms with van der Waals surface area (Å²) < 4.78 is 5.14.